The maximum atomic E-state index is 11.2. The molecular weight excluding hydrogens is 396 g/mol. The van der Waals surface area contributed by atoms with Crippen LogP contribution < -0.4 is 4.74 Å². The number of methoxy groups -OCH3 is 1. The van der Waals surface area contributed by atoms with E-state index in [1.54, 1.807) is 38.3 Å². The van der Waals surface area contributed by atoms with Crippen LogP contribution in [-0.2, 0) is 4.74 Å². The standard InChI is InChI=1S/C12H22.C10H12O3.C7H10/c1-11(2)9-7-5-6-8-10-12(3)4;1-3-13-10(11)8-5-4-6-9(7-8)12-2;1-7-5-3-2-4-6-7/h1,3,5-10H2,2,4H3;4-7H,3H2,1-2H3;3,5-6H,2,4H2,1H3. The van der Waals surface area contributed by atoms with Crippen molar-refractivity contribution in [2.75, 3.05) is 13.7 Å². The Morgan fingerprint density at radius 1 is 1.00 bits per heavy atom. The largest absolute Gasteiger partial charge is 0.497 e. The lowest BCUT2D eigenvalue weighted by Crippen LogP contribution is -2.04. The quantitative estimate of drug-likeness (QED) is 0.207. The number of carbonyl (C=O) groups excluding carboxylic acids is 1. The summed E-state index contributed by atoms with van der Waals surface area (Å²) in [4.78, 5) is 11.2. The van der Waals surface area contributed by atoms with Crippen LogP contribution in [0.1, 0.15) is 89.4 Å². The Balaban J connectivity index is 0.000000469. The van der Waals surface area contributed by atoms with Gasteiger partial charge in [0.2, 0.25) is 0 Å². The number of unbranched alkanes of at least 4 members (excludes halogenated alkanes) is 3. The van der Waals surface area contributed by atoms with Crippen molar-refractivity contribution < 1.29 is 14.3 Å². The molecule has 0 saturated carbocycles. The Labute approximate surface area is 196 Å². The first-order valence-corrected chi connectivity index (χ1v) is 11.7. The molecular formula is C29H44O3. The van der Waals surface area contributed by atoms with Gasteiger partial charge in [-0.05, 0) is 84.4 Å². The first-order valence-electron chi connectivity index (χ1n) is 11.7. The number of esters is 1. The Morgan fingerprint density at radius 2 is 1.62 bits per heavy atom. The molecule has 1 aliphatic carbocycles. The normalized spacial score (nSPS) is 11.7. The fourth-order valence-electron chi connectivity index (χ4n) is 2.92. The highest BCUT2D eigenvalue weighted by atomic mass is 16.5. The summed E-state index contributed by atoms with van der Waals surface area (Å²) in [5.41, 5.74) is 4.55. The van der Waals surface area contributed by atoms with E-state index in [1.807, 2.05) is 0 Å². The van der Waals surface area contributed by atoms with E-state index in [4.69, 9.17) is 9.47 Å². The predicted octanol–water partition coefficient (Wildman–Crippen LogP) is 8.63. The summed E-state index contributed by atoms with van der Waals surface area (Å²) < 4.78 is 9.81. The van der Waals surface area contributed by atoms with Crippen molar-refractivity contribution in [3.05, 3.63) is 77.9 Å². The molecule has 0 spiro atoms. The van der Waals surface area contributed by atoms with Crippen LogP contribution in [0.5, 0.6) is 5.75 Å². The minimum Gasteiger partial charge on any atom is -0.497 e. The lowest BCUT2D eigenvalue weighted by Gasteiger charge is -2.03. The topological polar surface area (TPSA) is 35.5 Å². The van der Waals surface area contributed by atoms with Crippen molar-refractivity contribution in [3.8, 4) is 5.75 Å². The summed E-state index contributed by atoms with van der Waals surface area (Å²) in [5.74, 6) is 0.340. The molecule has 1 aromatic carbocycles. The number of benzene rings is 1. The van der Waals surface area contributed by atoms with Gasteiger partial charge in [0.15, 0.2) is 0 Å². The first kappa shape index (κ1) is 29.5. The van der Waals surface area contributed by atoms with E-state index in [9.17, 15) is 4.79 Å². The lowest BCUT2D eigenvalue weighted by molar-refractivity contribution is 0.0526. The van der Waals surface area contributed by atoms with Gasteiger partial charge in [0.1, 0.15) is 5.75 Å². The Morgan fingerprint density at radius 3 is 2.03 bits per heavy atom. The molecule has 1 aliphatic rings. The Hall–Kier alpha value is -2.55. The number of ether oxygens (including phenoxy) is 2. The first-order chi connectivity index (χ1) is 15.3. The second kappa shape index (κ2) is 19.2. The highest BCUT2D eigenvalue weighted by Crippen LogP contribution is 2.13. The smallest absolute Gasteiger partial charge is 0.338 e. The van der Waals surface area contributed by atoms with Crippen LogP contribution in [0.3, 0.4) is 0 Å². The number of hydrogen-bond acceptors (Lipinski definition) is 3. The van der Waals surface area contributed by atoms with Gasteiger partial charge >= 0.3 is 5.97 Å². The summed E-state index contributed by atoms with van der Waals surface area (Å²) in [6.07, 6.45) is 16.8. The highest BCUT2D eigenvalue weighted by Gasteiger charge is 2.06. The van der Waals surface area contributed by atoms with Gasteiger partial charge in [-0.1, -0.05) is 53.9 Å². The molecule has 1 aromatic rings. The van der Waals surface area contributed by atoms with E-state index in [0.29, 0.717) is 17.9 Å². The minimum absolute atomic E-state index is 0.318. The van der Waals surface area contributed by atoms with Gasteiger partial charge in [0, 0.05) is 0 Å². The molecule has 0 aromatic heterocycles. The molecule has 0 radical (unpaired) electrons. The highest BCUT2D eigenvalue weighted by molar-refractivity contribution is 5.89. The third-order valence-corrected chi connectivity index (χ3v) is 4.72. The van der Waals surface area contributed by atoms with Gasteiger partial charge in [-0.3, -0.25) is 0 Å². The van der Waals surface area contributed by atoms with E-state index in [-0.39, 0.29) is 5.97 Å². The maximum Gasteiger partial charge on any atom is 0.338 e. The molecule has 0 unspecified atom stereocenters. The van der Waals surface area contributed by atoms with Crippen LogP contribution in [0.2, 0.25) is 0 Å². The molecule has 0 bridgehead atoms. The molecule has 0 heterocycles. The number of rotatable bonds is 10. The van der Waals surface area contributed by atoms with Crippen molar-refractivity contribution in [3.63, 3.8) is 0 Å². The van der Waals surface area contributed by atoms with Crippen molar-refractivity contribution in [1.82, 2.24) is 0 Å². The fraction of sp³-hybridized carbons (Fsp3) is 0.483. The van der Waals surface area contributed by atoms with E-state index < -0.39 is 0 Å². The second-order valence-corrected chi connectivity index (χ2v) is 8.21. The Bertz CT molecular complexity index is 723. The van der Waals surface area contributed by atoms with Crippen molar-refractivity contribution in [2.24, 2.45) is 0 Å². The molecule has 2 rings (SSSR count). The van der Waals surface area contributed by atoms with Crippen molar-refractivity contribution in [1.29, 1.82) is 0 Å². The van der Waals surface area contributed by atoms with Crippen LogP contribution in [0, 0.1) is 0 Å². The average molecular weight is 441 g/mol. The molecule has 0 fully saturated rings. The van der Waals surface area contributed by atoms with Crippen LogP contribution >= 0.6 is 0 Å². The Kier molecular flexibility index (Phi) is 17.6. The van der Waals surface area contributed by atoms with Crippen LogP contribution in [0.25, 0.3) is 0 Å². The predicted molar refractivity (Wildman–Crippen MR) is 138 cm³/mol. The average Bonchev–Trinajstić information content (AvgIpc) is 2.77. The van der Waals surface area contributed by atoms with Crippen molar-refractivity contribution >= 4 is 5.97 Å². The number of carbonyl (C=O) groups is 1. The van der Waals surface area contributed by atoms with E-state index in [1.165, 1.54) is 68.1 Å². The van der Waals surface area contributed by atoms with Gasteiger partial charge in [0.05, 0.1) is 19.3 Å². The molecule has 0 saturated heterocycles. The van der Waals surface area contributed by atoms with Gasteiger partial charge < -0.3 is 9.47 Å². The third-order valence-electron chi connectivity index (χ3n) is 4.72. The van der Waals surface area contributed by atoms with Gasteiger partial charge in [0.25, 0.3) is 0 Å². The molecule has 3 heteroatoms. The summed E-state index contributed by atoms with van der Waals surface area (Å²) in [7, 11) is 1.56. The van der Waals surface area contributed by atoms with E-state index in [0.717, 1.165) is 0 Å². The minimum atomic E-state index is -0.318. The summed E-state index contributed by atoms with van der Waals surface area (Å²) in [6, 6.07) is 6.88. The van der Waals surface area contributed by atoms with Crippen LogP contribution in [0.15, 0.2) is 72.4 Å². The monoisotopic (exact) mass is 440 g/mol. The molecule has 0 amide bonds. The zero-order valence-corrected chi connectivity index (χ0v) is 21.0. The molecule has 32 heavy (non-hydrogen) atoms. The zero-order valence-electron chi connectivity index (χ0n) is 21.0. The molecule has 3 nitrogen and oxygen atoms in total. The summed E-state index contributed by atoms with van der Waals surface area (Å²) in [5, 5.41) is 0. The number of allylic oxidation sites excluding steroid dienone is 6. The SMILES string of the molecule is C=C(C)CCCCCCC(=C)C.CC1=CCCC=C1.CCOC(=O)c1cccc(OC)c1. The lowest BCUT2D eigenvalue weighted by atomic mass is 10.1. The molecule has 0 aliphatic heterocycles. The van der Waals surface area contributed by atoms with Gasteiger partial charge in [-0.25, -0.2) is 4.79 Å². The van der Waals surface area contributed by atoms with Crippen LogP contribution in [0.4, 0.5) is 0 Å². The van der Waals surface area contributed by atoms with Crippen molar-refractivity contribution in [2.45, 2.75) is 79.1 Å². The van der Waals surface area contributed by atoms with E-state index >= 15 is 0 Å². The van der Waals surface area contributed by atoms with E-state index in [2.05, 4.69) is 52.2 Å². The maximum absolute atomic E-state index is 11.2. The molecule has 0 N–H and O–H groups in total. The zero-order chi connectivity index (χ0) is 24.2. The number of hydrogen-bond donors (Lipinski definition) is 0. The fourth-order valence-corrected chi connectivity index (χ4v) is 2.92. The van der Waals surface area contributed by atoms with Gasteiger partial charge in [-0.2, -0.15) is 0 Å². The summed E-state index contributed by atoms with van der Waals surface area (Å²) >= 11 is 0. The molecule has 178 valence electrons. The second-order valence-electron chi connectivity index (χ2n) is 8.21. The third kappa shape index (κ3) is 17.2. The van der Waals surface area contributed by atoms with Crippen LogP contribution in [-0.4, -0.2) is 19.7 Å². The van der Waals surface area contributed by atoms with Gasteiger partial charge in [-0.15, -0.1) is 13.2 Å². The molecule has 0 atom stereocenters. The summed E-state index contributed by atoms with van der Waals surface area (Å²) in [6.45, 7) is 16.3.